The summed E-state index contributed by atoms with van der Waals surface area (Å²) in [5.74, 6) is -0.750. The van der Waals surface area contributed by atoms with Gasteiger partial charge in [-0.1, -0.05) is 11.6 Å². The first-order valence-corrected chi connectivity index (χ1v) is 6.76. The number of methoxy groups -OCH3 is 1. The Morgan fingerprint density at radius 2 is 2.33 bits per heavy atom. The molecule has 0 radical (unpaired) electrons. The van der Waals surface area contributed by atoms with Gasteiger partial charge in [0.2, 0.25) is 0 Å². The van der Waals surface area contributed by atoms with Gasteiger partial charge in [-0.25, -0.2) is 4.39 Å². The predicted octanol–water partition coefficient (Wildman–Crippen LogP) is 2.46. The average molecular weight is 295 g/mol. The molecule has 1 aliphatic rings. The molecule has 0 spiro atoms. The molecule has 0 aliphatic carbocycles. The fraction of sp³-hybridized carbons (Fsp3) is 0.429. The van der Waals surface area contributed by atoms with Crippen LogP contribution in [0.2, 0.25) is 0 Å². The first-order chi connectivity index (χ1) is 10.1. The third kappa shape index (κ3) is 3.91. The van der Waals surface area contributed by atoms with E-state index < -0.39 is 10.7 Å². The lowest BCUT2D eigenvalue weighted by Gasteiger charge is -2.15. The summed E-state index contributed by atoms with van der Waals surface area (Å²) in [5.41, 5.74) is 1.30. The zero-order valence-corrected chi connectivity index (χ0v) is 11.8. The quantitative estimate of drug-likeness (QED) is 0.479. The van der Waals surface area contributed by atoms with Crippen LogP contribution >= 0.6 is 0 Å². The second kappa shape index (κ2) is 7.03. The molecule has 7 heteroatoms. The number of rotatable bonds is 6. The van der Waals surface area contributed by atoms with Gasteiger partial charge in [-0.05, 0) is 19.4 Å². The maximum absolute atomic E-state index is 13.5. The van der Waals surface area contributed by atoms with Crippen LogP contribution in [0.4, 0.5) is 15.8 Å². The van der Waals surface area contributed by atoms with Crippen molar-refractivity contribution >= 4 is 11.4 Å². The Hall–Kier alpha value is -2.15. The molecule has 21 heavy (non-hydrogen) atoms. The Bertz CT molecular complexity index is 561. The molecule has 0 unspecified atom stereocenters. The molecule has 0 amide bonds. The van der Waals surface area contributed by atoms with Crippen LogP contribution in [0.15, 0.2) is 23.8 Å². The van der Waals surface area contributed by atoms with Gasteiger partial charge in [-0.3, -0.25) is 10.1 Å². The van der Waals surface area contributed by atoms with E-state index in [0.717, 1.165) is 32.0 Å². The van der Waals surface area contributed by atoms with Gasteiger partial charge in [0.05, 0.1) is 18.1 Å². The number of hydrogen-bond acceptors (Lipinski definition) is 5. The van der Waals surface area contributed by atoms with Gasteiger partial charge in [0.1, 0.15) is 5.69 Å². The Labute approximate surface area is 122 Å². The van der Waals surface area contributed by atoms with Gasteiger partial charge in [-0.15, -0.1) is 0 Å². The van der Waals surface area contributed by atoms with Crippen molar-refractivity contribution in [3.05, 3.63) is 39.7 Å². The molecule has 1 aliphatic heterocycles. The second-order valence-electron chi connectivity index (χ2n) is 4.75. The standard InChI is InChI=1S/C14H18FN3O3/c1-21-14-9-12(13(18(19)20)8-11(14)15)17-7-4-10-2-5-16-6-3-10/h2,8-9,16-17H,3-7H2,1H3. The van der Waals surface area contributed by atoms with Gasteiger partial charge in [0.15, 0.2) is 11.6 Å². The highest BCUT2D eigenvalue weighted by atomic mass is 19.1. The van der Waals surface area contributed by atoms with Crippen LogP contribution in [0.3, 0.4) is 0 Å². The number of nitro groups is 1. The van der Waals surface area contributed by atoms with Crippen LogP contribution in [-0.2, 0) is 0 Å². The molecular formula is C14H18FN3O3. The zero-order chi connectivity index (χ0) is 15.2. The molecule has 0 saturated heterocycles. The van der Waals surface area contributed by atoms with Gasteiger partial charge in [-0.2, -0.15) is 0 Å². The normalized spacial score (nSPS) is 14.5. The molecule has 1 aromatic carbocycles. The van der Waals surface area contributed by atoms with E-state index in [9.17, 15) is 14.5 Å². The summed E-state index contributed by atoms with van der Waals surface area (Å²) < 4.78 is 18.4. The average Bonchev–Trinajstić information content (AvgIpc) is 2.49. The van der Waals surface area contributed by atoms with Gasteiger partial charge in [0, 0.05) is 19.2 Å². The highest BCUT2D eigenvalue weighted by molar-refractivity contribution is 5.64. The number of anilines is 1. The van der Waals surface area contributed by atoms with Crippen LogP contribution in [0.5, 0.6) is 5.75 Å². The van der Waals surface area contributed by atoms with Crippen LogP contribution in [-0.4, -0.2) is 31.7 Å². The Morgan fingerprint density at radius 3 is 2.95 bits per heavy atom. The molecule has 0 fully saturated rings. The van der Waals surface area contributed by atoms with Crippen molar-refractivity contribution in [3.63, 3.8) is 0 Å². The van der Waals surface area contributed by atoms with E-state index in [2.05, 4.69) is 16.7 Å². The molecule has 2 N–H and O–H groups in total. The SMILES string of the molecule is COc1cc(NCCC2=CCNCC2)c([N+](=O)[O-])cc1F. The Balaban J connectivity index is 2.07. The summed E-state index contributed by atoms with van der Waals surface area (Å²) >= 11 is 0. The minimum Gasteiger partial charge on any atom is -0.494 e. The van der Waals surface area contributed by atoms with Crippen LogP contribution in [0.25, 0.3) is 0 Å². The van der Waals surface area contributed by atoms with Crippen molar-refractivity contribution < 1.29 is 14.1 Å². The molecule has 6 nitrogen and oxygen atoms in total. The zero-order valence-electron chi connectivity index (χ0n) is 11.8. The Morgan fingerprint density at radius 1 is 1.52 bits per heavy atom. The predicted molar refractivity (Wildman–Crippen MR) is 78.3 cm³/mol. The number of halogens is 1. The van der Waals surface area contributed by atoms with Gasteiger partial charge in [0.25, 0.3) is 5.69 Å². The summed E-state index contributed by atoms with van der Waals surface area (Å²) in [6, 6.07) is 2.20. The monoisotopic (exact) mass is 295 g/mol. The number of hydrogen-bond donors (Lipinski definition) is 2. The molecule has 0 atom stereocenters. The lowest BCUT2D eigenvalue weighted by molar-refractivity contribution is -0.384. The number of benzene rings is 1. The minimum atomic E-state index is -0.740. The van der Waals surface area contributed by atoms with E-state index in [1.165, 1.54) is 18.7 Å². The first-order valence-electron chi connectivity index (χ1n) is 6.76. The molecule has 0 aromatic heterocycles. The molecule has 0 bridgehead atoms. The summed E-state index contributed by atoms with van der Waals surface area (Å²) in [4.78, 5) is 10.4. The third-order valence-electron chi connectivity index (χ3n) is 3.39. The summed E-state index contributed by atoms with van der Waals surface area (Å²) in [6.07, 6.45) is 3.92. The molecular weight excluding hydrogens is 277 g/mol. The van der Waals surface area contributed by atoms with E-state index >= 15 is 0 Å². The van der Waals surface area contributed by atoms with Gasteiger partial charge < -0.3 is 15.4 Å². The number of ether oxygens (including phenoxy) is 1. The fourth-order valence-corrected chi connectivity index (χ4v) is 2.25. The van der Waals surface area contributed by atoms with Crippen molar-refractivity contribution in [1.82, 2.24) is 5.32 Å². The van der Waals surface area contributed by atoms with Crippen molar-refractivity contribution in [2.75, 3.05) is 32.1 Å². The number of nitrogens with zero attached hydrogens (tertiary/aromatic N) is 1. The smallest absolute Gasteiger partial charge is 0.295 e. The minimum absolute atomic E-state index is 0.0100. The van der Waals surface area contributed by atoms with Gasteiger partial charge >= 0.3 is 0 Å². The lowest BCUT2D eigenvalue weighted by Crippen LogP contribution is -2.21. The highest BCUT2D eigenvalue weighted by Crippen LogP contribution is 2.31. The fourth-order valence-electron chi connectivity index (χ4n) is 2.25. The summed E-state index contributed by atoms with van der Waals surface area (Å²) in [6.45, 7) is 2.37. The topological polar surface area (TPSA) is 76.4 Å². The van der Waals surface area contributed by atoms with E-state index in [4.69, 9.17) is 4.74 Å². The third-order valence-corrected chi connectivity index (χ3v) is 3.39. The van der Waals surface area contributed by atoms with Crippen molar-refractivity contribution in [3.8, 4) is 5.75 Å². The Kier molecular flexibility index (Phi) is 5.10. The first kappa shape index (κ1) is 15.2. The van der Waals surface area contributed by atoms with E-state index in [1.807, 2.05) is 0 Å². The molecule has 0 saturated carbocycles. The summed E-state index contributed by atoms with van der Waals surface area (Å²) in [7, 11) is 1.33. The maximum atomic E-state index is 13.5. The van der Waals surface area contributed by atoms with E-state index in [0.29, 0.717) is 6.54 Å². The van der Waals surface area contributed by atoms with Crippen molar-refractivity contribution in [1.29, 1.82) is 0 Å². The van der Waals surface area contributed by atoms with Crippen LogP contribution < -0.4 is 15.4 Å². The second-order valence-corrected chi connectivity index (χ2v) is 4.75. The maximum Gasteiger partial charge on any atom is 0.295 e. The van der Waals surface area contributed by atoms with Crippen molar-refractivity contribution in [2.24, 2.45) is 0 Å². The van der Waals surface area contributed by atoms with Crippen molar-refractivity contribution in [2.45, 2.75) is 12.8 Å². The van der Waals surface area contributed by atoms with Crippen LogP contribution in [0.1, 0.15) is 12.8 Å². The number of nitro benzene ring substituents is 1. The largest absolute Gasteiger partial charge is 0.494 e. The van der Waals surface area contributed by atoms with Crippen LogP contribution in [0, 0.1) is 15.9 Å². The number of nitrogens with one attached hydrogen (secondary N) is 2. The highest BCUT2D eigenvalue weighted by Gasteiger charge is 2.18. The lowest BCUT2D eigenvalue weighted by atomic mass is 10.1. The molecule has 2 rings (SSSR count). The molecule has 114 valence electrons. The van der Waals surface area contributed by atoms with E-state index in [-0.39, 0.29) is 17.1 Å². The van der Waals surface area contributed by atoms with E-state index in [1.54, 1.807) is 0 Å². The molecule has 1 aromatic rings. The molecule has 1 heterocycles. The summed E-state index contributed by atoms with van der Waals surface area (Å²) in [5, 5.41) is 17.2.